The van der Waals surface area contributed by atoms with Gasteiger partial charge in [0.2, 0.25) is 5.91 Å². The number of rotatable bonds is 7. The number of nitrogens with zero attached hydrogens (tertiary/aromatic N) is 4. The minimum atomic E-state index is -0.567. The van der Waals surface area contributed by atoms with E-state index in [1.54, 1.807) is 23.0 Å². The molecule has 1 aromatic heterocycles. The van der Waals surface area contributed by atoms with Crippen LogP contribution in [-0.2, 0) is 22.6 Å². The summed E-state index contributed by atoms with van der Waals surface area (Å²) < 4.78 is 21.8. The van der Waals surface area contributed by atoms with E-state index >= 15 is 0 Å². The molecule has 3 aromatic rings. The molecule has 9 nitrogen and oxygen atoms in total. The number of nitrogens with two attached hydrogens (primary N) is 1. The monoisotopic (exact) mass is 438 g/mol. The highest BCUT2D eigenvalue weighted by Crippen LogP contribution is 2.29. The van der Waals surface area contributed by atoms with Gasteiger partial charge in [0.25, 0.3) is 0 Å². The summed E-state index contributed by atoms with van der Waals surface area (Å²) in [7, 11) is 0. The van der Waals surface area contributed by atoms with E-state index in [0.717, 1.165) is 5.56 Å². The van der Waals surface area contributed by atoms with E-state index in [-0.39, 0.29) is 19.0 Å². The Kier molecular flexibility index (Phi) is 6.13. The van der Waals surface area contributed by atoms with Gasteiger partial charge in [-0.25, -0.2) is 13.9 Å². The van der Waals surface area contributed by atoms with E-state index in [1.807, 2.05) is 24.3 Å². The van der Waals surface area contributed by atoms with Crippen LogP contribution in [0.1, 0.15) is 18.2 Å². The maximum absolute atomic E-state index is 14.9. The number of halogens is 1. The molecule has 0 bridgehead atoms. The van der Waals surface area contributed by atoms with Crippen molar-refractivity contribution in [2.24, 2.45) is 5.73 Å². The number of ether oxygens (including phenoxy) is 1. The van der Waals surface area contributed by atoms with Gasteiger partial charge in [0.15, 0.2) is 0 Å². The Bertz CT molecular complexity index is 1130. The van der Waals surface area contributed by atoms with Crippen LogP contribution in [-0.4, -0.2) is 46.2 Å². The Labute approximate surface area is 184 Å². The van der Waals surface area contributed by atoms with Gasteiger partial charge in [0, 0.05) is 19.0 Å². The predicted octanol–water partition coefficient (Wildman–Crippen LogP) is 2.05. The van der Waals surface area contributed by atoms with Crippen LogP contribution in [0.2, 0.25) is 0 Å². The van der Waals surface area contributed by atoms with E-state index in [2.05, 4.69) is 15.6 Å². The molecule has 32 heavy (non-hydrogen) atoms. The van der Waals surface area contributed by atoms with Crippen molar-refractivity contribution in [2.45, 2.75) is 26.1 Å². The summed E-state index contributed by atoms with van der Waals surface area (Å²) in [5, 5.41) is 10.6. The molecule has 4 rings (SSSR count). The Morgan fingerprint density at radius 2 is 2.06 bits per heavy atom. The fraction of sp³-hybridized carbons (Fsp3) is 0.273. The number of carbonyl (C=O) groups excluding carboxylic acids is 2. The molecule has 2 heterocycles. The van der Waals surface area contributed by atoms with E-state index in [1.165, 1.54) is 17.9 Å². The average Bonchev–Trinajstić information content (AvgIpc) is 3.39. The van der Waals surface area contributed by atoms with Crippen LogP contribution in [0.5, 0.6) is 0 Å². The van der Waals surface area contributed by atoms with Gasteiger partial charge in [0.05, 0.1) is 37.2 Å². The number of anilines is 1. The number of cyclic esters (lactones) is 1. The number of nitrogens with one attached hydrogen (secondary N) is 1. The minimum absolute atomic E-state index is 0.206. The molecule has 0 spiro atoms. The zero-order valence-corrected chi connectivity index (χ0v) is 17.5. The van der Waals surface area contributed by atoms with Crippen molar-refractivity contribution in [1.82, 2.24) is 20.3 Å². The molecule has 1 aliphatic heterocycles. The number of hydrogen-bond acceptors (Lipinski definition) is 6. The van der Waals surface area contributed by atoms with Gasteiger partial charge in [-0.1, -0.05) is 29.5 Å². The molecule has 0 aliphatic carbocycles. The Morgan fingerprint density at radius 1 is 1.28 bits per heavy atom. The van der Waals surface area contributed by atoms with E-state index in [9.17, 15) is 14.0 Å². The fourth-order valence-corrected chi connectivity index (χ4v) is 3.49. The quantitative estimate of drug-likeness (QED) is 0.583. The summed E-state index contributed by atoms with van der Waals surface area (Å²) >= 11 is 0. The second-order valence-electron chi connectivity index (χ2n) is 7.53. The molecule has 166 valence electrons. The van der Waals surface area contributed by atoms with E-state index in [4.69, 9.17) is 10.5 Å². The van der Waals surface area contributed by atoms with Gasteiger partial charge >= 0.3 is 6.09 Å². The van der Waals surface area contributed by atoms with E-state index < -0.39 is 18.0 Å². The Hall–Kier alpha value is -3.79. The Balaban J connectivity index is 1.45. The number of amides is 2. The third-order valence-electron chi connectivity index (χ3n) is 5.12. The lowest BCUT2D eigenvalue weighted by Gasteiger charge is -2.14. The van der Waals surface area contributed by atoms with Crippen LogP contribution in [0.25, 0.3) is 11.1 Å². The molecule has 2 aromatic carbocycles. The predicted molar refractivity (Wildman–Crippen MR) is 115 cm³/mol. The lowest BCUT2D eigenvalue weighted by molar-refractivity contribution is -0.119. The summed E-state index contributed by atoms with van der Waals surface area (Å²) in [6.45, 7) is 2.71. The molecule has 0 radical (unpaired) electrons. The second-order valence-corrected chi connectivity index (χ2v) is 7.53. The van der Waals surface area contributed by atoms with Gasteiger partial charge in [-0.05, 0) is 29.3 Å². The summed E-state index contributed by atoms with van der Waals surface area (Å²) in [6.07, 6.45) is 0.742. The molecule has 0 saturated carbocycles. The van der Waals surface area contributed by atoms with Crippen molar-refractivity contribution in [3.05, 3.63) is 65.7 Å². The summed E-state index contributed by atoms with van der Waals surface area (Å²) in [4.78, 5) is 24.6. The first-order valence-electron chi connectivity index (χ1n) is 10.1. The van der Waals surface area contributed by atoms with Gasteiger partial charge in [-0.15, -0.1) is 5.10 Å². The molecule has 0 unspecified atom stereocenters. The van der Waals surface area contributed by atoms with E-state index in [0.29, 0.717) is 35.6 Å². The van der Waals surface area contributed by atoms with Crippen LogP contribution in [0, 0.1) is 5.82 Å². The molecule has 10 heteroatoms. The number of aromatic nitrogens is 3. The molecule has 1 fully saturated rings. The third-order valence-corrected chi connectivity index (χ3v) is 5.12. The maximum atomic E-state index is 14.9. The number of carbonyl (C=O) groups is 2. The van der Waals surface area contributed by atoms with Gasteiger partial charge in [-0.3, -0.25) is 9.69 Å². The third kappa shape index (κ3) is 4.75. The highest BCUT2D eigenvalue weighted by molar-refractivity contribution is 5.90. The lowest BCUT2D eigenvalue weighted by Crippen LogP contribution is -2.33. The SMILES string of the molecule is CC(=O)NC[C@H]1CN(c2ccc(-c3ccc(Cn4cc(CN)nn4)cc3)c(F)c2)C(=O)O1. The summed E-state index contributed by atoms with van der Waals surface area (Å²) in [6, 6.07) is 12.1. The van der Waals surface area contributed by atoms with Crippen molar-refractivity contribution >= 4 is 17.7 Å². The zero-order valence-electron chi connectivity index (χ0n) is 17.5. The zero-order chi connectivity index (χ0) is 22.7. The molecular formula is C22H23FN6O3. The topological polar surface area (TPSA) is 115 Å². The van der Waals surface area contributed by atoms with Gasteiger partial charge < -0.3 is 15.8 Å². The number of hydrogen-bond donors (Lipinski definition) is 2. The Morgan fingerprint density at radius 3 is 2.72 bits per heavy atom. The lowest BCUT2D eigenvalue weighted by atomic mass is 10.0. The molecule has 1 aliphatic rings. The molecule has 3 N–H and O–H groups in total. The largest absolute Gasteiger partial charge is 0.442 e. The first-order valence-corrected chi connectivity index (χ1v) is 10.1. The first kappa shape index (κ1) is 21.4. The average molecular weight is 438 g/mol. The molecule has 2 amide bonds. The standard InChI is InChI=1S/C22H23FN6O3/c1-14(30)25-10-19-13-29(22(31)32-19)18-6-7-20(21(23)8-18)16-4-2-15(3-5-16)11-28-12-17(9-24)26-27-28/h2-8,12,19H,9-11,13,24H2,1H3,(H,25,30)/t19-/m0/s1. The van der Waals surface area contributed by atoms with Gasteiger partial charge in [0.1, 0.15) is 11.9 Å². The second kappa shape index (κ2) is 9.15. The van der Waals surface area contributed by atoms with Crippen LogP contribution in [0.3, 0.4) is 0 Å². The van der Waals surface area contributed by atoms with Crippen molar-refractivity contribution < 1.29 is 18.7 Å². The number of benzene rings is 2. The first-order chi connectivity index (χ1) is 15.4. The molecule has 1 saturated heterocycles. The highest BCUT2D eigenvalue weighted by Gasteiger charge is 2.32. The van der Waals surface area contributed by atoms with Crippen molar-refractivity contribution in [1.29, 1.82) is 0 Å². The normalized spacial score (nSPS) is 15.7. The van der Waals surface area contributed by atoms with Crippen molar-refractivity contribution in [2.75, 3.05) is 18.0 Å². The summed E-state index contributed by atoms with van der Waals surface area (Å²) in [5.74, 6) is -0.653. The maximum Gasteiger partial charge on any atom is 0.414 e. The van der Waals surface area contributed by atoms with Crippen LogP contribution in [0.15, 0.2) is 48.7 Å². The van der Waals surface area contributed by atoms with Crippen LogP contribution >= 0.6 is 0 Å². The van der Waals surface area contributed by atoms with Crippen LogP contribution in [0.4, 0.5) is 14.9 Å². The minimum Gasteiger partial charge on any atom is -0.442 e. The molecular weight excluding hydrogens is 415 g/mol. The fourth-order valence-electron chi connectivity index (χ4n) is 3.49. The molecule has 1 atom stereocenters. The smallest absolute Gasteiger partial charge is 0.414 e. The highest BCUT2D eigenvalue weighted by atomic mass is 19.1. The van der Waals surface area contributed by atoms with Crippen molar-refractivity contribution in [3.63, 3.8) is 0 Å². The summed E-state index contributed by atoms with van der Waals surface area (Å²) in [5.41, 5.74) is 8.80. The van der Waals surface area contributed by atoms with Gasteiger partial charge in [-0.2, -0.15) is 0 Å². The van der Waals surface area contributed by atoms with Crippen LogP contribution < -0.4 is 16.0 Å². The van der Waals surface area contributed by atoms with Crippen molar-refractivity contribution in [3.8, 4) is 11.1 Å².